The van der Waals surface area contributed by atoms with Crippen LogP contribution in [0.1, 0.15) is 17.4 Å². The molecule has 0 fully saturated rings. The molecule has 3 nitrogen and oxygen atoms in total. The van der Waals surface area contributed by atoms with Gasteiger partial charge >= 0.3 is 0 Å². The van der Waals surface area contributed by atoms with E-state index in [1.807, 2.05) is 0 Å². The van der Waals surface area contributed by atoms with Gasteiger partial charge in [0.2, 0.25) is 0 Å². The van der Waals surface area contributed by atoms with E-state index in [4.69, 9.17) is 0 Å². The van der Waals surface area contributed by atoms with E-state index in [0.717, 1.165) is 0 Å². The average molecular weight is 247 g/mol. The van der Waals surface area contributed by atoms with Crippen LogP contribution in [0.25, 0.3) is 0 Å². The van der Waals surface area contributed by atoms with Crippen LogP contribution >= 0.6 is 15.9 Å². The van der Waals surface area contributed by atoms with E-state index in [1.165, 1.54) is 12.3 Å². The molecular formula is C8H8BrFN2O. The number of carbonyl (C=O) groups is 1. The molecule has 0 saturated carbocycles. The van der Waals surface area contributed by atoms with Crippen molar-refractivity contribution in [3.05, 3.63) is 28.2 Å². The first-order valence-corrected chi connectivity index (χ1v) is 4.53. The summed E-state index contributed by atoms with van der Waals surface area (Å²) in [7, 11) is 0. The molecule has 1 N–H and O–H groups in total. The Bertz CT molecular complexity index is 330. The highest BCUT2D eigenvalue weighted by Gasteiger charge is 2.11. The minimum atomic E-state index is -0.625. The van der Waals surface area contributed by atoms with Crippen molar-refractivity contribution in [3.63, 3.8) is 0 Å². The quantitative estimate of drug-likeness (QED) is 0.864. The maximum Gasteiger partial charge on any atom is 0.272 e. The molecule has 0 radical (unpaired) electrons. The SMILES string of the molecule is CCNC(=O)c1ncc(Br)cc1F. The van der Waals surface area contributed by atoms with Crippen molar-refractivity contribution < 1.29 is 9.18 Å². The number of rotatable bonds is 2. The Balaban J connectivity index is 2.95. The molecule has 13 heavy (non-hydrogen) atoms. The van der Waals surface area contributed by atoms with E-state index >= 15 is 0 Å². The average Bonchev–Trinajstić information content (AvgIpc) is 2.04. The Morgan fingerprint density at radius 2 is 2.46 bits per heavy atom. The van der Waals surface area contributed by atoms with E-state index in [0.29, 0.717) is 11.0 Å². The summed E-state index contributed by atoms with van der Waals surface area (Å²) < 4.78 is 13.6. The zero-order valence-corrected chi connectivity index (χ0v) is 8.56. The van der Waals surface area contributed by atoms with E-state index in [1.54, 1.807) is 6.92 Å². The maximum atomic E-state index is 13.1. The Morgan fingerprint density at radius 1 is 1.77 bits per heavy atom. The van der Waals surface area contributed by atoms with Gasteiger partial charge in [0.05, 0.1) is 0 Å². The van der Waals surface area contributed by atoms with E-state index in [2.05, 4.69) is 26.2 Å². The fourth-order valence-corrected chi connectivity index (χ4v) is 1.13. The largest absolute Gasteiger partial charge is 0.351 e. The van der Waals surface area contributed by atoms with Gasteiger partial charge in [-0.1, -0.05) is 0 Å². The minimum absolute atomic E-state index is 0.176. The molecule has 70 valence electrons. The van der Waals surface area contributed by atoms with Gasteiger partial charge in [0, 0.05) is 17.2 Å². The number of hydrogen-bond acceptors (Lipinski definition) is 2. The summed E-state index contributed by atoms with van der Waals surface area (Å²) in [5.41, 5.74) is -0.176. The molecule has 1 amide bonds. The molecular weight excluding hydrogens is 239 g/mol. The molecule has 0 aliphatic carbocycles. The van der Waals surface area contributed by atoms with Gasteiger partial charge in [-0.15, -0.1) is 0 Å². The number of carbonyl (C=O) groups excluding carboxylic acids is 1. The minimum Gasteiger partial charge on any atom is -0.351 e. The molecule has 1 heterocycles. The van der Waals surface area contributed by atoms with Crippen molar-refractivity contribution in [3.8, 4) is 0 Å². The number of hydrogen-bond donors (Lipinski definition) is 1. The predicted molar refractivity (Wildman–Crippen MR) is 49.9 cm³/mol. The molecule has 0 aromatic carbocycles. The predicted octanol–water partition coefficient (Wildman–Crippen LogP) is 1.73. The van der Waals surface area contributed by atoms with Crippen LogP contribution in [-0.2, 0) is 0 Å². The van der Waals surface area contributed by atoms with Crippen LogP contribution in [0, 0.1) is 5.82 Å². The molecule has 0 bridgehead atoms. The first-order chi connectivity index (χ1) is 6.15. The van der Waals surface area contributed by atoms with Gasteiger partial charge in [-0.3, -0.25) is 4.79 Å². The second kappa shape index (κ2) is 4.32. The molecule has 0 saturated heterocycles. The third kappa shape index (κ3) is 2.48. The summed E-state index contributed by atoms with van der Waals surface area (Å²) in [6.07, 6.45) is 1.38. The number of amides is 1. The molecule has 0 aliphatic heterocycles. The van der Waals surface area contributed by atoms with Crippen LogP contribution in [0.5, 0.6) is 0 Å². The van der Waals surface area contributed by atoms with Crippen molar-refractivity contribution >= 4 is 21.8 Å². The Morgan fingerprint density at radius 3 is 3.00 bits per heavy atom. The summed E-state index contributed by atoms with van der Waals surface area (Å²) in [5.74, 6) is -1.12. The molecule has 1 aromatic heterocycles. The summed E-state index contributed by atoms with van der Waals surface area (Å²) in [6, 6.07) is 1.21. The number of nitrogens with one attached hydrogen (secondary N) is 1. The number of nitrogens with zero attached hydrogens (tertiary/aromatic N) is 1. The molecule has 1 aromatic rings. The van der Waals surface area contributed by atoms with Gasteiger partial charge in [0.25, 0.3) is 5.91 Å². The Kier molecular flexibility index (Phi) is 3.36. The van der Waals surface area contributed by atoms with Crippen molar-refractivity contribution in [2.75, 3.05) is 6.54 Å². The van der Waals surface area contributed by atoms with E-state index < -0.39 is 11.7 Å². The van der Waals surface area contributed by atoms with E-state index in [9.17, 15) is 9.18 Å². The third-order valence-electron chi connectivity index (χ3n) is 1.36. The fourth-order valence-electron chi connectivity index (χ4n) is 0.826. The Labute approximate surface area is 83.5 Å². The molecule has 0 spiro atoms. The van der Waals surface area contributed by atoms with Gasteiger partial charge in [0.1, 0.15) is 0 Å². The van der Waals surface area contributed by atoms with Gasteiger partial charge in [0.15, 0.2) is 11.5 Å². The lowest BCUT2D eigenvalue weighted by molar-refractivity contribution is 0.0946. The van der Waals surface area contributed by atoms with Gasteiger partial charge < -0.3 is 5.32 Å². The monoisotopic (exact) mass is 246 g/mol. The molecule has 5 heteroatoms. The van der Waals surface area contributed by atoms with Crippen molar-refractivity contribution in [1.82, 2.24) is 10.3 Å². The van der Waals surface area contributed by atoms with Gasteiger partial charge in [-0.05, 0) is 28.9 Å². The summed E-state index contributed by atoms with van der Waals surface area (Å²) in [6.45, 7) is 2.21. The fraction of sp³-hybridized carbons (Fsp3) is 0.250. The topological polar surface area (TPSA) is 42.0 Å². The zero-order chi connectivity index (χ0) is 9.84. The van der Waals surface area contributed by atoms with Crippen molar-refractivity contribution in [2.24, 2.45) is 0 Å². The molecule has 0 aliphatic rings. The van der Waals surface area contributed by atoms with Gasteiger partial charge in [-0.2, -0.15) is 0 Å². The van der Waals surface area contributed by atoms with E-state index in [-0.39, 0.29) is 5.69 Å². The lowest BCUT2D eigenvalue weighted by Crippen LogP contribution is -2.24. The van der Waals surface area contributed by atoms with Crippen LogP contribution in [0.15, 0.2) is 16.7 Å². The standard InChI is InChI=1S/C8H8BrFN2O/c1-2-11-8(13)7-6(10)3-5(9)4-12-7/h3-4H,2H2,1H3,(H,11,13). The van der Waals surface area contributed by atoms with Crippen LogP contribution in [0.3, 0.4) is 0 Å². The lowest BCUT2D eigenvalue weighted by atomic mass is 10.3. The molecule has 1 rings (SSSR count). The first kappa shape index (κ1) is 10.1. The van der Waals surface area contributed by atoms with Crippen LogP contribution in [0.2, 0.25) is 0 Å². The summed E-state index contributed by atoms with van der Waals surface area (Å²) >= 11 is 3.05. The highest BCUT2D eigenvalue weighted by atomic mass is 79.9. The van der Waals surface area contributed by atoms with Crippen molar-refractivity contribution in [1.29, 1.82) is 0 Å². The first-order valence-electron chi connectivity index (χ1n) is 3.74. The number of aromatic nitrogens is 1. The molecule has 0 atom stereocenters. The molecule has 0 unspecified atom stereocenters. The summed E-state index contributed by atoms with van der Waals surface area (Å²) in [4.78, 5) is 14.8. The zero-order valence-electron chi connectivity index (χ0n) is 6.97. The second-order valence-corrected chi connectivity index (χ2v) is 3.26. The van der Waals surface area contributed by atoms with Crippen LogP contribution in [0.4, 0.5) is 4.39 Å². The maximum absolute atomic E-state index is 13.1. The highest BCUT2D eigenvalue weighted by Crippen LogP contribution is 2.11. The smallest absolute Gasteiger partial charge is 0.272 e. The van der Waals surface area contributed by atoms with Crippen LogP contribution in [-0.4, -0.2) is 17.4 Å². The van der Waals surface area contributed by atoms with Gasteiger partial charge in [-0.25, -0.2) is 9.37 Å². The third-order valence-corrected chi connectivity index (χ3v) is 1.79. The number of pyridine rings is 1. The summed E-state index contributed by atoms with van der Waals surface area (Å²) in [5, 5.41) is 2.47. The van der Waals surface area contributed by atoms with Crippen LogP contribution < -0.4 is 5.32 Å². The second-order valence-electron chi connectivity index (χ2n) is 2.34. The van der Waals surface area contributed by atoms with Crippen molar-refractivity contribution in [2.45, 2.75) is 6.92 Å². The highest BCUT2D eigenvalue weighted by molar-refractivity contribution is 9.10. The number of halogens is 2. The normalized spacial score (nSPS) is 9.77. The lowest BCUT2D eigenvalue weighted by Gasteiger charge is -2.01. The Hall–Kier alpha value is -0.970.